The molecule has 0 aliphatic heterocycles. The van der Waals surface area contributed by atoms with E-state index in [1.807, 2.05) is 19.1 Å². The zero-order valence-electron chi connectivity index (χ0n) is 21.4. The molecule has 0 atom stereocenters. The number of aromatic amines is 1. The minimum Gasteiger partial charge on any atom is -0.492 e. The molecule has 0 fully saturated rings. The number of carbonyl (C=O) groups is 2. The van der Waals surface area contributed by atoms with Gasteiger partial charge in [0, 0.05) is 30.6 Å². The van der Waals surface area contributed by atoms with Gasteiger partial charge in [-0.3, -0.25) is 9.59 Å². The van der Waals surface area contributed by atoms with Crippen LogP contribution in [0, 0.1) is 5.82 Å². The number of carbonyl (C=O) groups excluding carboxylic acids is 2. The Balaban J connectivity index is 1.30. The average Bonchev–Trinajstić information content (AvgIpc) is 3.48. The highest BCUT2D eigenvalue weighted by Crippen LogP contribution is 2.23. The summed E-state index contributed by atoms with van der Waals surface area (Å²) in [6.45, 7) is 2.96. The lowest BCUT2D eigenvalue weighted by Crippen LogP contribution is -2.25. The van der Waals surface area contributed by atoms with Crippen molar-refractivity contribution < 1.29 is 18.7 Å². The van der Waals surface area contributed by atoms with Crippen molar-refractivity contribution in [3.63, 3.8) is 0 Å². The van der Waals surface area contributed by atoms with Gasteiger partial charge in [-0.05, 0) is 54.0 Å². The summed E-state index contributed by atoms with van der Waals surface area (Å²) in [5, 5.41) is 8.86. The van der Waals surface area contributed by atoms with Gasteiger partial charge in [0.15, 0.2) is 0 Å². The minimum absolute atomic E-state index is 0.265. The molecule has 39 heavy (non-hydrogen) atoms. The van der Waals surface area contributed by atoms with Crippen molar-refractivity contribution in [3.05, 3.63) is 108 Å². The molecule has 0 aliphatic carbocycles. The van der Waals surface area contributed by atoms with Gasteiger partial charge in [0.1, 0.15) is 24.0 Å². The van der Waals surface area contributed by atoms with Gasteiger partial charge in [-0.2, -0.15) is 0 Å². The molecule has 200 valence electrons. The molecule has 0 aliphatic rings. The Morgan fingerprint density at radius 3 is 2.74 bits per heavy atom. The molecule has 0 saturated heterocycles. The number of amides is 2. The normalized spacial score (nSPS) is 10.8. The Kier molecular flexibility index (Phi) is 9.38. The van der Waals surface area contributed by atoms with Gasteiger partial charge in [-0.1, -0.05) is 25.1 Å². The monoisotopic (exact) mass is 528 g/mol. The fourth-order valence-electron chi connectivity index (χ4n) is 3.72. The predicted molar refractivity (Wildman–Crippen MR) is 148 cm³/mol. The number of aromatic nitrogens is 3. The standard InChI is InChI=1S/C29H29FN6O3/c1-2-21-7-11-24(16-26(21)36-27(37)12-10-23-18-31-19-35-23)39-15-14-33-28-25(4-3-13-32-28)29(38)34-17-20-5-8-22(30)9-6-20/h3-13,16,18-19H,2,14-15,17H2,1H3,(H,31,35)(H,32,33)(H,34,38)(H,36,37)/b12-10-. The molecule has 0 bridgehead atoms. The lowest BCUT2D eigenvalue weighted by atomic mass is 10.1. The first kappa shape index (κ1) is 27.1. The summed E-state index contributed by atoms with van der Waals surface area (Å²) < 4.78 is 19.0. The smallest absolute Gasteiger partial charge is 0.255 e. The van der Waals surface area contributed by atoms with Crippen LogP contribution in [0.4, 0.5) is 15.9 Å². The van der Waals surface area contributed by atoms with Crippen molar-refractivity contribution >= 4 is 29.4 Å². The summed E-state index contributed by atoms with van der Waals surface area (Å²) in [6.07, 6.45) is 8.59. The number of hydrogen-bond acceptors (Lipinski definition) is 6. The number of halogens is 1. The van der Waals surface area contributed by atoms with Crippen LogP contribution in [0.3, 0.4) is 0 Å². The number of aryl methyl sites for hydroxylation is 1. The quantitative estimate of drug-likeness (QED) is 0.158. The van der Waals surface area contributed by atoms with Crippen LogP contribution in [0.25, 0.3) is 6.08 Å². The lowest BCUT2D eigenvalue weighted by molar-refractivity contribution is -0.111. The molecule has 0 spiro atoms. The minimum atomic E-state index is -0.327. The highest BCUT2D eigenvalue weighted by Gasteiger charge is 2.12. The number of hydrogen-bond donors (Lipinski definition) is 4. The molecule has 10 heteroatoms. The van der Waals surface area contributed by atoms with E-state index in [1.165, 1.54) is 18.2 Å². The third-order valence-corrected chi connectivity index (χ3v) is 5.74. The fraction of sp³-hybridized carbons (Fsp3) is 0.172. The first-order valence-corrected chi connectivity index (χ1v) is 12.5. The molecule has 2 aromatic heterocycles. The van der Waals surface area contributed by atoms with E-state index in [1.54, 1.807) is 55.1 Å². The van der Waals surface area contributed by atoms with Gasteiger partial charge < -0.3 is 25.7 Å². The summed E-state index contributed by atoms with van der Waals surface area (Å²) in [4.78, 5) is 36.2. The Morgan fingerprint density at radius 2 is 1.97 bits per heavy atom. The topological polar surface area (TPSA) is 121 Å². The van der Waals surface area contributed by atoms with Crippen molar-refractivity contribution in [2.24, 2.45) is 0 Å². The van der Waals surface area contributed by atoms with E-state index in [0.717, 1.165) is 23.2 Å². The van der Waals surface area contributed by atoms with Crippen LogP contribution in [0.1, 0.15) is 34.1 Å². The molecule has 0 saturated carbocycles. The first-order valence-electron chi connectivity index (χ1n) is 12.5. The highest BCUT2D eigenvalue weighted by molar-refractivity contribution is 6.02. The number of imidazole rings is 1. The van der Waals surface area contributed by atoms with Crippen LogP contribution in [-0.4, -0.2) is 39.9 Å². The second-order valence-corrected chi connectivity index (χ2v) is 8.49. The number of nitrogens with zero attached hydrogens (tertiary/aromatic N) is 2. The third kappa shape index (κ3) is 8.00. The van der Waals surface area contributed by atoms with Crippen LogP contribution in [0.5, 0.6) is 5.75 Å². The number of benzene rings is 2. The lowest BCUT2D eigenvalue weighted by Gasteiger charge is -2.14. The van der Waals surface area contributed by atoms with Gasteiger partial charge in [-0.15, -0.1) is 0 Å². The molecule has 2 amide bonds. The van der Waals surface area contributed by atoms with E-state index in [9.17, 15) is 14.0 Å². The molecule has 4 rings (SSSR count). The summed E-state index contributed by atoms with van der Waals surface area (Å²) in [7, 11) is 0. The maximum atomic E-state index is 13.1. The average molecular weight is 529 g/mol. The molecule has 2 heterocycles. The van der Waals surface area contributed by atoms with Crippen LogP contribution in [0.2, 0.25) is 0 Å². The van der Waals surface area contributed by atoms with Crippen molar-refractivity contribution in [2.45, 2.75) is 19.9 Å². The van der Waals surface area contributed by atoms with Gasteiger partial charge in [0.25, 0.3) is 5.91 Å². The van der Waals surface area contributed by atoms with Gasteiger partial charge in [0.05, 0.1) is 30.3 Å². The Labute approximate surface area is 225 Å². The van der Waals surface area contributed by atoms with E-state index < -0.39 is 0 Å². The maximum Gasteiger partial charge on any atom is 0.255 e. The molecule has 0 radical (unpaired) electrons. The summed E-state index contributed by atoms with van der Waals surface area (Å²) in [5.41, 5.74) is 3.56. The number of anilines is 2. The number of nitrogens with one attached hydrogen (secondary N) is 4. The molecule has 0 unspecified atom stereocenters. The van der Waals surface area contributed by atoms with Crippen LogP contribution in [-0.2, 0) is 17.8 Å². The second kappa shape index (κ2) is 13.5. The largest absolute Gasteiger partial charge is 0.492 e. The van der Waals surface area contributed by atoms with E-state index >= 15 is 0 Å². The fourth-order valence-corrected chi connectivity index (χ4v) is 3.72. The Morgan fingerprint density at radius 1 is 1.13 bits per heavy atom. The number of rotatable bonds is 12. The van der Waals surface area contributed by atoms with Crippen molar-refractivity contribution in [3.8, 4) is 5.75 Å². The summed E-state index contributed by atoms with van der Waals surface area (Å²) in [6, 6.07) is 14.9. The SMILES string of the molecule is CCc1ccc(OCCNc2ncccc2C(=O)NCc2ccc(F)cc2)cc1NC(=O)/C=C\c1cnc[nH]1. The van der Waals surface area contributed by atoms with Crippen LogP contribution < -0.4 is 20.7 Å². The first-order chi connectivity index (χ1) is 19.0. The zero-order chi connectivity index (χ0) is 27.5. The van der Waals surface area contributed by atoms with E-state index in [4.69, 9.17) is 4.74 Å². The highest BCUT2D eigenvalue weighted by atomic mass is 19.1. The zero-order valence-corrected chi connectivity index (χ0v) is 21.4. The van der Waals surface area contributed by atoms with Crippen LogP contribution in [0.15, 0.2) is 79.4 Å². The number of H-pyrrole nitrogens is 1. The molecule has 2 aromatic carbocycles. The number of pyridine rings is 1. The molecule has 4 N–H and O–H groups in total. The Bertz CT molecular complexity index is 1420. The molecular formula is C29H29FN6O3. The van der Waals surface area contributed by atoms with Gasteiger partial charge >= 0.3 is 0 Å². The van der Waals surface area contributed by atoms with Crippen molar-refractivity contribution in [1.29, 1.82) is 0 Å². The molecule has 4 aromatic rings. The molecule has 9 nitrogen and oxygen atoms in total. The predicted octanol–water partition coefficient (Wildman–Crippen LogP) is 4.58. The summed E-state index contributed by atoms with van der Waals surface area (Å²) >= 11 is 0. The third-order valence-electron chi connectivity index (χ3n) is 5.74. The van der Waals surface area contributed by atoms with Crippen molar-refractivity contribution in [2.75, 3.05) is 23.8 Å². The molecular weight excluding hydrogens is 499 g/mol. The van der Waals surface area contributed by atoms with E-state index in [-0.39, 0.29) is 24.2 Å². The Hall–Kier alpha value is -4.99. The number of ether oxygens (including phenoxy) is 1. The summed E-state index contributed by atoms with van der Waals surface area (Å²) in [5.74, 6) is 0.134. The second-order valence-electron chi connectivity index (χ2n) is 8.49. The maximum absolute atomic E-state index is 13.1. The van der Waals surface area contributed by atoms with E-state index in [0.29, 0.717) is 36.0 Å². The van der Waals surface area contributed by atoms with Gasteiger partial charge in [0.2, 0.25) is 5.91 Å². The van der Waals surface area contributed by atoms with Crippen molar-refractivity contribution in [1.82, 2.24) is 20.3 Å². The van der Waals surface area contributed by atoms with E-state index in [2.05, 4.69) is 30.9 Å². The van der Waals surface area contributed by atoms with Crippen LogP contribution >= 0.6 is 0 Å². The van der Waals surface area contributed by atoms with Gasteiger partial charge in [-0.25, -0.2) is 14.4 Å².